The van der Waals surface area contributed by atoms with Crippen LogP contribution < -0.4 is 5.32 Å². The average molecular weight is 348 g/mol. The molecule has 1 aromatic carbocycles. The van der Waals surface area contributed by atoms with Crippen LogP contribution in [-0.2, 0) is 11.3 Å². The molecule has 1 aromatic rings. The molecular formula is C17H27Cl2NO2. The van der Waals surface area contributed by atoms with Crippen LogP contribution in [-0.4, -0.2) is 17.1 Å². The van der Waals surface area contributed by atoms with Gasteiger partial charge in [-0.25, -0.2) is 0 Å². The predicted molar refractivity (Wildman–Crippen MR) is 94.9 cm³/mol. The summed E-state index contributed by atoms with van der Waals surface area (Å²) >= 11 is 0. The number of halogens is 2. The lowest BCUT2D eigenvalue weighted by molar-refractivity contribution is -0.145. The van der Waals surface area contributed by atoms with E-state index in [0.29, 0.717) is 12.0 Å². The van der Waals surface area contributed by atoms with Gasteiger partial charge in [-0.1, -0.05) is 50.1 Å². The highest BCUT2D eigenvalue weighted by Gasteiger charge is 2.37. The fourth-order valence-corrected chi connectivity index (χ4v) is 3.00. The first kappa shape index (κ1) is 21.2. The number of unbranched alkanes of at least 4 members (excludes halogenated alkanes) is 1. The second kappa shape index (κ2) is 10.9. The number of rotatable bonds is 8. The highest BCUT2D eigenvalue weighted by molar-refractivity contribution is 5.85. The Kier molecular flexibility index (Phi) is 10.5. The molecule has 0 saturated heterocycles. The topological polar surface area (TPSA) is 49.3 Å². The van der Waals surface area contributed by atoms with Crippen molar-refractivity contribution in [3.8, 4) is 0 Å². The maximum atomic E-state index is 11.3. The number of hydrogen-bond donors (Lipinski definition) is 2. The van der Waals surface area contributed by atoms with Gasteiger partial charge in [0.15, 0.2) is 0 Å². The summed E-state index contributed by atoms with van der Waals surface area (Å²) in [5.41, 5.74) is 1.29. The maximum absolute atomic E-state index is 11.3. The van der Waals surface area contributed by atoms with Crippen molar-refractivity contribution in [2.45, 2.75) is 51.6 Å². The van der Waals surface area contributed by atoms with E-state index in [0.717, 1.165) is 38.6 Å². The Morgan fingerprint density at radius 3 is 2.45 bits per heavy atom. The minimum absolute atomic E-state index is 0. The summed E-state index contributed by atoms with van der Waals surface area (Å²) < 4.78 is 0. The van der Waals surface area contributed by atoms with Crippen LogP contribution in [0.2, 0.25) is 0 Å². The molecule has 0 amide bonds. The summed E-state index contributed by atoms with van der Waals surface area (Å²) in [6.07, 6.45) is 4.95. The average Bonchev–Trinajstić information content (AvgIpc) is 2.41. The molecule has 22 heavy (non-hydrogen) atoms. The third kappa shape index (κ3) is 6.15. The Labute approximate surface area is 145 Å². The van der Waals surface area contributed by atoms with Gasteiger partial charge in [-0.15, -0.1) is 24.8 Å². The first-order valence-corrected chi connectivity index (χ1v) is 7.70. The van der Waals surface area contributed by atoms with Crippen molar-refractivity contribution in [3.05, 3.63) is 35.9 Å². The third-order valence-electron chi connectivity index (χ3n) is 4.37. The van der Waals surface area contributed by atoms with Crippen molar-refractivity contribution in [2.24, 2.45) is 11.8 Å². The number of aliphatic carboxylic acids is 1. The molecule has 5 heteroatoms. The van der Waals surface area contributed by atoms with Crippen molar-refractivity contribution < 1.29 is 9.90 Å². The van der Waals surface area contributed by atoms with Crippen molar-refractivity contribution in [3.63, 3.8) is 0 Å². The first-order chi connectivity index (χ1) is 9.70. The van der Waals surface area contributed by atoms with Gasteiger partial charge in [0.25, 0.3) is 0 Å². The van der Waals surface area contributed by atoms with E-state index in [-0.39, 0.29) is 30.7 Å². The molecule has 1 unspecified atom stereocenters. The van der Waals surface area contributed by atoms with Crippen molar-refractivity contribution in [1.29, 1.82) is 0 Å². The molecule has 0 spiro atoms. The predicted octanol–water partition coefficient (Wildman–Crippen LogP) is 4.29. The minimum Gasteiger partial charge on any atom is -0.481 e. The molecule has 1 fully saturated rings. The Morgan fingerprint density at radius 2 is 1.91 bits per heavy atom. The van der Waals surface area contributed by atoms with Gasteiger partial charge in [-0.3, -0.25) is 4.79 Å². The Hall–Kier alpha value is -0.770. The summed E-state index contributed by atoms with van der Waals surface area (Å²) in [6, 6.07) is 10.8. The molecule has 1 atom stereocenters. The molecule has 0 heterocycles. The van der Waals surface area contributed by atoms with E-state index in [9.17, 15) is 9.90 Å². The van der Waals surface area contributed by atoms with E-state index < -0.39 is 5.97 Å². The number of carboxylic acid groups (broad SMARTS) is 1. The number of carbonyl (C=O) groups is 1. The molecule has 1 saturated carbocycles. The Balaban J connectivity index is 0.00000220. The highest BCUT2D eigenvalue weighted by atomic mass is 35.5. The number of benzene rings is 1. The fourth-order valence-electron chi connectivity index (χ4n) is 3.00. The minimum atomic E-state index is -0.607. The van der Waals surface area contributed by atoms with E-state index >= 15 is 0 Å². The van der Waals surface area contributed by atoms with Crippen molar-refractivity contribution in [2.75, 3.05) is 0 Å². The standard InChI is InChI=1S/C17H25NO2.2ClH/c1-2-3-9-16(17(19)20)14-10-15(11-14)18-12-13-7-5-4-6-8-13;;/h4-8,14-16,18H,2-3,9-12H2,1H3,(H,19,20);2*1H. The van der Waals surface area contributed by atoms with Crippen LogP contribution in [0.1, 0.15) is 44.6 Å². The van der Waals surface area contributed by atoms with E-state index in [1.807, 2.05) is 18.2 Å². The van der Waals surface area contributed by atoms with Gasteiger partial charge in [0.2, 0.25) is 0 Å². The normalized spacial score (nSPS) is 21.0. The summed E-state index contributed by atoms with van der Waals surface area (Å²) in [4.78, 5) is 11.3. The monoisotopic (exact) mass is 347 g/mol. The molecular weight excluding hydrogens is 321 g/mol. The number of carboxylic acids is 1. The van der Waals surface area contributed by atoms with Crippen LogP contribution in [0.5, 0.6) is 0 Å². The zero-order valence-electron chi connectivity index (χ0n) is 13.0. The second-order valence-corrected chi connectivity index (χ2v) is 5.88. The lowest BCUT2D eigenvalue weighted by Crippen LogP contribution is -2.45. The van der Waals surface area contributed by atoms with E-state index in [2.05, 4.69) is 24.4 Å². The summed E-state index contributed by atoms with van der Waals surface area (Å²) in [6.45, 7) is 2.99. The third-order valence-corrected chi connectivity index (χ3v) is 4.37. The first-order valence-electron chi connectivity index (χ1n) is 7.70. The second-order valence-electron chi connectivity index (χ2n) is 5.88. The summed E-state index contributed by atoms with van der Waals surface area (Å²) in [5.74, 6) is -0.373. The van der Waals surface area contributed by atoms with Gasteiger partial charge in [-0.2, -0.15) is 0 Å². The molecule has 0 bridgehead atoms. The van der Waals surface area contributed by atoms with E-state index in [4.69, 9.17) is 0 Å². The molecule has 2 N–H and O–H groups in total. The van der Waals surface area contributed by atoms with Gasteiger partial charge >= 0.3 is 5.97 Å². The van der Waals surface area contributed by atoms with Gasteiger partial charge in [0, 0.05) is 12.6 Å². The van der Waals surface area contributed by atoms with Crippen molar-refractivity contribution in [1.82, 2.24) is 5.32 Å². The number of hydrogen-bond acceptors (Lipinski definition) is 2. The van der Waals surface area contributed by atoms with Crippen LogP contribution in [0.4, 0.5) is 0 Å². The van der Waals surface area contributed by atoms with Crippen LogP contribution in [0.25, 0.3) is 0 Å². The Morgan fingerprint density at radius 1 is 1.27 bits per heavy atom. The molecule has 0 aromatic heterocycles. The largest absolute Gasteiger partial charge is 0.481 e. The summed E-state index contributed by atoms with van der Waals surface area (Å²) in [5, 5.41) is 12.8. The Bertz CT molecular complexity index is 422. The molecule has 1 aliphatic carbocycles. The van der Waals surface area contributed by atoms with Crippen LogP contribution in [0, 0.1) is 11.8 Å². The van der Waals surface area contributed by atoms with Gasteiger partial charge in [0.1, 0.15) is 0 Å². The lowest BCUT2D eigenvalue weighted by atomic mass is 9.70. The van der Waals surface area contributed by atoms with Crippen LogP contribution >= 0.6 is 24.8 Å². The van der Waals surface area contributed by atoms with E-state index in [1.54, 1.807) is 0 Å². The van der Waals surface area contributed by atoms with Crippen molar-refractivity contribution >= 4 is 30.8 Å². The zero-order chi connectivity index (χ0) is 14.4. The molecule has 126 valence electrons. The van der Waals surface area contributed by atoms with Crippen LogP contribution in [0.15, 0.2) is 30.3 Å². The van der Waals surface area contributed by atoms with Gasteiger partial charge in [0.05, 0.1) is 5.92 Å². The lowest BCUT2D eigenvalue weighted by Gasteiger charge is -2.39. The highest BCUT2D eigenvalue weighted by Crippen LogP contribution is 2.36. The van der Waals surface area contributed by atoms with Gasteiger partial charge < -0.3 is 10.4 Å². The zero-order valence-corrected chi connectivity index (χ0v) is 14.7. The quantitative estimate of drug-likeness (QED) is 0.737. The molecule has 2 rings (SSSR count). The van der Waals surface area contributed by atoms with Crippen LogP contribution in [0.3, 0.4) is 0 Å². The smallest absolute Gasteiger partial charge is 0.306 e. The number of nitrogens with one attached hydrogen (secondary N) is 1. The van der Waals surface area contributed by atoms with Gasteiger partial charge in [-0.05, 0) is 30.7 Å². The van der Waals surface area contributed by atoms with E-state index in [1.165, 1.54) is 5.56 Å². The maximum Gasteiger partial charge on any atom is 0.306 e. The molecule has 1 aliphatic rings. The molecule has 0 radical (unpaired) electrons. The fraction of sp³-hybridized carbons (Fsp3) is 0.588. The molecule has 3 nitrogen and oxygen atoms in total. The SMILES string of the molecule is CCCCC(C(=O)O)C1CC(NCc2ccccc2)C1.Cl.Cl. The molecule has 0 aliphatic heterocycles. The summed E-state index contributed by atoms with van der Waals surface area (Å²) in [7, 11) is 0.